The Balaban J connectivity index is 2.41. The molecule has 0 radical (unpaired) electrons. The van der Waals surface area contributed by atoms with Crippen LogP contribution in [0.3, 0.4) is 0 Å². The van der Waals surface area contributed by atoms with E-state index < -0.39 is 21.7 Å². The quantitative estimate of drug-likeness (QED) is 0.917. The highest BCUT2D eigenvalue weighted by atomic mass is 35.5. The summed E-state index contributed by atoms with van der Waals surface area (Å²) in [4.78, 5) is -0.305. The minimum atomic E-state index is -4.05. The van der Waals surface area contributed by atoms with Gasteiger partial charge < -0.3 is 0 Å². The molecule has 0 aromatic heterocycles. The third-order valence-corrected chi connectivity index (χ3v) is 4.52. The monoisotopic (exact) mass is 337 g/mol. The summed E-state index contributed by atoms with van der Waals surface area (Å²) >= 11 is 11.4. The highest BCUT2D eigenvalue weighted by Gasteiger charge is 2.19. The van der Waals surface area contributed by atoms with E-state index in [0.717, 1.165) is 30.3 Å². The van der Waals surface area contributed by atoms with E-state index >= 15 is 0 Å². The third kappa shape index (κ3) is 3.20. The van der Waals surface area contributed by atoms with E-state index in [4.69, 9.17) is 23.2 Å². The van der Waals surface area contributed by atoms with Crippen molar-refractivity contribution in [2.24, 2.45) is 0 Å². The van der Waals surface area contributed by atoms with Gasteiger partial charge in [0.2, 0.25) is 0 Å². The molecule has 0 aliphatic rings. The fourth-order valence-electron chi connectivity index (χ4n) is 1.47. The summed E-state index contributed by atoms with van der Waals surface area (Å²) in [5.74, 6) is -1.26. The molecule has 8 heteroatoms. The summed E-state index contributed by atoms with van der Waals surface area (Å²) in [6.07, 6.45) is 0. The molecule has 1 N–H and O–H groups in total. The van der Waals surface area contributed by atoms with E-state index in [2.05, 4.69) is 4.72 Å². The van der Waals surface area contributed by atoms with Crippen LogP contribution in [-0.2, 0) is 10.0 Å². The molecule has 2 aromatic carbocycles. The maximum atomic E-state index is 12.9. The van der Waals surface area contributed by atoms with Gasteiger partial charge in [-0.2, -0.15) is 0 Å². The van der Waals surface area contributed by atoms with Gasteiger partial charge in [-0.05, 0) is 36.4 Å². The van der Waals surface area contributed by atoms with Gasteiger partial charge in [0.05, 0.1) is 15.7 Å². The molecular formula is C12H7Cl2F2NO2S. The molecule has 0 spiro atoms. The van der Waals surface area contributed by atoms with Crippen LogP contribution < -0.4 is 4.72 Å². The standard InChI is InChI=1S/C12H7Cl2F2NO2S/c13-9-5-7(15)1-3-11(9)17-20(18,19)12-4-2-8(16)6-10(12)14/h1-6,17H. The number of hydrogen-bond acceptors (Lipinski definition) is 2. The van der Waals surface area contributed by atoms with E-state index in [1.807, 2.05) is 0 Å². The predicted octanol–water partition coefficient (Wildman–Crippen LogP) is 4.07. The Hall–Kier alpha value is -1.37. The second-order valence-corrected chi connectivity index (χ2v) is 6.27. The molecule has 0 amide bonds. The molecule has 0 saturated heterocycles. The van der Waals surface area contributed by atoms with Crippen molar-refractivity contribution >= 4 is 38.9 Å². The minimum absolute atomic E-state index is 0.00606. The highest BCUT2D eigenvalue weighted by Crippen LogP contribution is 2.28. The first-order valence-corrected chi connectivity index (χ1v) is 7.46. The lowest BCUT2D eigenvalue weighted by Crippen LogP contribution is -2.14. The van der Waals surface area contributed by atoms with Gasteiger partial charge in [0.15, 0.2) is 0 Å². The van der Waals surface area contributed by atoms with E-state index in [1.54, 1.807) is 0 Å². The first kappa shape index (κ1) is 15.0. The molecule has 0 bridgehead atoms. The third-order valence-electron chi connectivity index (χ3n) is 2.36. The Morgan fingerprint density at radius 3 is 2.00 bits per heavy atom. The summed E-state index contributed by atoms with van der Waals surface area (Å²) < 4.78 is 52.2. The second-order valence-electron chi connectivity index (χ2n) is 3.80. The number of halogens is 4. The average molecular weight is 338 g/mol. The minimum Gasteiger partial charge on any atom is -0.278 e. The van der Waals surface area contributed by atoms with Crippen LogP contribution in [0.4, 0.5) is 14.5 Å². The number of benzene rings is 2. The predicted molar refractivity (Wildman–Crippen MR) is 73.6 cm³/mol. The summed E-state index contributed by atoms with van der Waals surface area (Å²) in [7, 11) is -4.05. The lowest BCUT2D eigenvalue weighted by Gasteiger charge is -2.10. The van der Waals surface area contributed by atoms with Crippen LogP contribution in [0.1, 0.15) is 0 Å². The van der Waals surface area contributed by atoms with Gasteiger partial charge in [-0.25, -0.2) is 17.2 Å². The molecule has 0 aliphatic heterocycles. The van der Waals surface area contributed by atoms with Crippen LogP contribution in [0.25, 0.3) is 0 Å². The van der Waals surface area contributed by atoms with Crippen molar-refractivity contribution in [3.63, 3.8) is 0 Å². The number of rotatable bonds is 3. The fourth-order valence-corrected chi connectivity index (χ4v) is 3.35. The van der Waals surface area contributed by atoms with Crippen molar-refractivity contribution in [3.05, 3.63) is 58.1 Å². The van der Waals surface area contributed by atoms with E-state index in [9.17, 15) is 17.2 Å². The Morgan fingerprint density at radius 1 is 0.900 bits per heavy atom. The molecule has 0 heterocycles. The van der Waals surface area contributed by atoms with Crippen LogP contribution >= 0.6 is 23.2 Å². The van der Waals surface area contributed by atoms with Crippen molar-refractivity contribution < 1.29 is 17.2 Å². The maximum Gasteiger partial charge on any atom is 0.263 e. The van der Waals surface area contributed by atoms with Crippen molar-refractivity contribution in [2.45, 2.75) is 4.90 Å². The van der Waals surface area contributed by atoms with E-state index in [-0.39, 0.29) is 20.6 Å². The van der Waals surface area contributed by atoms with Crippen molar-refractivity contribution in [2.75, 3.05) is 4.72 Å². The first-order chi connectivity index (χ1) is 9.29. The molecule has 20 heavy (non-hydrogen) atoms. The van der Waals surface area contributed by atoms with Crippen molar-refractivity contribution in [1.82, 2.24) is 0 Å². The molecule has 0 aliphatic carbocycles. The molecule has 0 unspecified atom stereocenters. The van der Waals surface area contributed by atoms with Gasteiger partial charge >= 0.3 is 0 Å². The largest absolute Gasteiger partial charge is 0.278 e. The molecule has 106 valence electrons. The normalized spacial score (nSPS) is 11.4. The van der Waals surface area contributed by atoms with Gasteiger partial charge in [0.25, 0.3) is 10.0 Å². The zero-order chi connectivity index (χ0) is 14.9. The Kier molecular flexibility index (Phi) is 4.17. The van der Waals surface area contributed by atoms with E-state index in [0.29, 0.717) is 0 Å². The topological polar surface area (TPSA) is 46.2 Å². The molecule has 3 nitrogen and oxygen atoms in total. The smallest absolute Gasteiger partial charge is 0.263 e. The number of sulfonamides is 1. The average Bonchev–Trinajstić information content (AvgIpc) is 2.32. The zero-order valence-electron chi connectivity index (χ0n) is 9.70. The lowest BCUT2D eigenvalue weighted by atomic mass is 10.3. The van der Waals surface area contributed by atoms with Gasteiger partial charge in [0, 0.05) is 0 Å². The summed E-state index contributed by atoms with van der Waals surface area (Å²) in [6, 6.07) is 6.06. The number of anilines is 1. The molecule has 0 fully saturated rings. The highest BCUT2D eigenvalue weighted by molar-refractivity contribution is 7.92. The summed E-state index contributed by atoms with van der Waals surface area (Å²) in [6.45, 7) is 0. The maximum absolute atomic E-state index is 12.9. The van der Waals surface area contributed by atoms with E-state index in [1.165, 1.54) is 6.07 Å². The Bertz CT molecular complexity index is 766. The summed E-state index contributed by atoms with van der Waals surface area (Å²) in [5.41, 5.74) is -0.00606. The van der Waals surface area contributed by atoms with Gasteiger partial charge in [0.1, 0.15) is 16.5 Å². The van der Waals surface area contributed by atoms with Crippen LogP contribution in [0.15, 0.2) is 41.3 Å². The number of hydrogen-bond donors (Lipinski definition) is 1. The zero-order valence-corrected chi connectivity index (χ0v) is 12.0. The first-order valence-electron chi connectivity index (χ1n) is 5.22. The second kappa shape index (κ2) is 5.55. The lowest BCUT2D eigenvalue weighted by molar-refractivity contribution is 0.599. The molecule has 2 rings (SSSR count). The SMILES string of the molecule is O=S(=O)(Nc1ccc(F)cc1Cl)c1ccc(F)cc1Cl. The van der Waals surface area contributed by atoms with Crippen LogP contribution in [-0.4, -0.2) is 8.42 Å². The molecular weight excluding hydrogens is 331 g/mol. The van der Waals surface area contributed by atoms with Gasteiger partial charge in [-0.3, -0.25) is 4.72 Å². The Morgan fingerprint density at radius 2 is 1.45 bits per heavy atom. The van der Waals surface area contributed by atoms with Crippen LogP contribution in [0.5, 0.6) is 0 Å². The van der Waals surface area contributed by atoms with Crippen LogP contribution in [0.2, 0.25) is 10.0 Å². The molecule has 0 saturated carbocycles. The fraction of sp³-hybridized carbons (Fsp3) is 0. The molecule has 2 aromatic rings. The Labute approximate surface area is 124 Å². The van der Waals surface area contributed by atoms with Gasteiger partial charge in [-0.15, -0.1) is 0 Å². The number of nitrogens with one attached hydrogen (secondary N) is 1. The summed E-state index contributed by atoms with van der Waals surface area (Å²) in [5, 5.41) is -0.373. The van der Waals surface area contributed by atoms with Crippen molar-refractivity contribution in [1.29, 1.82) is 0 Å². The van der Waals surface area contributed by atoms with Crippen LogP contribution in [0, 0.1) is 11.6 Å². The van der Waals surface area contributed by atoms with Gasteiger partial charge in [-0.1, -0.05) is 23.2 Å². The molecule has 0 atom stereocenters. The van der Waals surface area contributed by atoms with Crippen molar-refractivity contribution in [3.8, 4) is 0 Å².